The lowest BCUT2D eigenvalue weighted by atomic mass is 9.95. The van der Waals surface area contributed by atoms with Gasteiger partial charge in [-0.3, -0.25) is 9.02 Å². The van der Waals surface area contributed by atoms with Crippen molar-refractivity contribution < 1.29 is 26.9 Å². The molecule has 1 aliphatic carbocycles. The largest absolute Gasteiger partial charge is 0.497 e. The molecule has 2 aromatic rings. The Kier molecular flexibility index (Phi) is 8.03. The minimum Gasteiger partial charge on any atom is -0.497 e. The van der Waals surface area contributed by atoms with E-state index in [0.717, 1.165) is 48.8 Å². The molecule has 8 heteroatoms. The van der Waals surface area contributed by atoms with E-state index in [-0.39, 0.29) is 24.8 Å². The number of hydroxylamine groups is 2. The van der Waals surface area contributed by atoms with Crippen LogP contribution in [0.5, 0.6) is 5.75 Å². The second-order valence-corrected chi connectivity index (χ2v) is 10.4. The van der Waals surface area contributed by atoms with Crippen LogP contribution in [0.4, 0.5) is 0 Å². The second-order valence-electron chi connectivity index (χ2n) is 8.77. The van der Waals surface area contributed by atoms with E-state index >= 15 is 0 Å². The third-order valence-corrected chi connectivity index (χ3v) is 7.06. The summed E-state index contributed by atoms with van der Waals surface area (Å²) in [5.41, 5.74) is 2.09. The zero-order valence-corrected chi connectivity index (χ0v) is 20.1. The van der Waals surface area contributed by atoms with Gasteiger partial charge in [-0.05, 0) is 42.5 Å². The summed E-state index contributed by atoms with van der Waals surface area (Å²) < 4.78 is 39.7. The predicted molar refractivity (Wildman–Crippen MR) is 125 cm³/mol. The minimum atomic E-state index is -3.55. The average Bonchev–Trinajstić information content (AvgIpc) is 3.41. The van der Waals surface area contributed by atoms with Crippen LogP contribution in [-0.2, 0) is 30.5 Å². The van der Waals surface area contributed by atoms with Gasteiger partial charge >= 0.3 is 0 Å². The molecule has 0 aromatic heterocycles. The van der Waals surface area contributed by atoms with Crippen molar-refractivity contribution in [1.29, 1.82) is 0 Å². The molecule has 0 N–H and O–H groups in total. The van der Waals surface area contributed by atoms with Crippen LogP contribution in [-0.4, -0.2) is 52.2 Å². The zero-order chi connectivity index (χ0) is 23.3. The Hall–Kier alpha value is -1.97. The number of hydrogen-bond donors (Lipinski definition) is 0. The van der Waals surface area contributed by atoms with Gasteiger partial charge in [-0.1, -0.05) is 48.9 Å². The fourth-order valence-electron chi connectivity index (χ4n) is 4.89. The number of hydrogen-bond acceptors (Lipinski definition) is 7. The van der Waals surface area contributed by atoms with Gasteiger partial charge in [0.2, 0.25) is 0 Å². The van der Waals surface area contributed by atoms with E-state index in [9.17, 15) is 8.42 Å². The van der Waals surface area contributed by atoms with Gasteiger partial charge in [0.05, 0.1) is 38.7 Å². The molecule has 1 saturated heterocycles. The van der Waals surface area contributed by atoms with Gasteiger partial charge in [-0.15, -0.1) is 0 Å². The highest BCUT2D eigenvalue weighted by molar-refractivity contribution is 7.85. The topological polar surface area (TPSA) is 74.3 Å². The molecule has 0 radical (unpaired) electrons. The fraction of sp³-hybridized carbons (Fsp3) is 0.520. The number of fused-ring (bicyclic) bond motifs is 1. The Balaban J connectivity index is 1.38. The van der Waals surface area contributed by atoms with E-state index in [4.69, 9.17) is 18.5 Å². The van der Waals surface area contributed by atoms with Crippen LogP contribution in [0.3, 0.4) is 0 Å². The first-order valence-electron chi connectivity index (χ1n) is 11.5. The molecule has 33 heavy (non-hydrogen) atoms. The van der Waals surface area contributed by atoms with Crippen molar-refractivity contribution in [2.45, 2.75) is 50.5 Å². The molecule has 180 valence electrons. The molecule has 0 spiro atoms. The Morgan fingerprint density at radius 3 is 2.55 bits per heavy atom. The Labute approximate surface area is 196 Å². The third kappa shape index (κ3) is 6.33. The molecule has 1 saturated carbocycles. The molecule has 1 heterocycles. The maximum atomic E-state index is 11.7. The van der Waals surface area contributed by atoms with Gasteiger partial charge in [0.1, 0.15) is 5.75 Å². The first-order valence-corrected chi connectivity index (χ1v) is 13.3. The van der Waals surface area contributed by atoms with E-state index in [2.05, 4.69) is 0 Å². The molecule has 4 atom stereocenters. The molecular formula is C25H33NO6S. The van der Waals surface area contributed by atoms with Gasteiger partial charge in [0, 0.05) is 18.6 Å². The summed E-state index contributed by atoms with van der Waals surface area (Å²) >= 11 is 0. The van der Waals surface area contributed by atoms with Crippen LogP contribution in [0, 0.1) is 5.92 Å². The average molecular weight is 476 g/mol. The summed E-state index contributed by atoms with van der Waals surface area (Å²) in [5.74, 6) is 1.25. The summed E-state index contributed by atoms with van der Waals surface area (Å²) in [5, 5.41) is 2.01. The van der Waals surface area contributed by atoms with E-state index < -0.39 is 10.1 Å². The van der Waals surface area contributed by atoms with Gasteiger partial charge in [-0.25, -0.2) is 0 Å². The van der Waals surface area contributed by atoms with Crippen molar-refractivity contribution in [1.82, 2.24) is 5.06 Å². The number of rotatable bonds is 11. The van der Waals surface area contributed by atoms with Crippen molar-refractivity contribution in [2.24, 2.45) is 5.92 Å². The zero-order valence-electron chi connectivity index (χ0n) is 19.3. The highest BCUT2D eigenvalue weighted by Gasteiger charge is 2.48. The molecule has 2 aliphatic rings. The van der Waals surface area contributed by atoms with Crippen LogP contribution in [0.1, 0.15) is 42.9 Å². The summed E-state index contributed by atoms with van der Waals surface area (Å²) in [4.78, 5) is 6.45. The van der Waals surface area contributed by atoms with Crippen LogP contribution < -0.4 is 4.74 Å². The molecule has 0 amide bonds. The van der Waals surface area contributed by atoms with Crippen LogP contribution >= 0.6 is 0 Å². The molecule has 0 bridgehead atoms. The summed E-state index contributed by atoms with van der Waals surface area (Å²) in [7, 11) is -1.90. The van der Waals surface area contributed by atoms with Crippen LogP contribution in [0.25, 0.3) is 0 Å². The smallest absolute Gasteiger partial charge is 0.264 e. The SMILES string of the molecule is COc1ccc(COCC[C@@H]2ON([C@@H](COS(C)(=O)=O)c3ccccc3)[C@@H]3CCC[C@H]23)cc1. The summed E-state index contributed by atoms with van der Waals surface area (Å²) in [6, 6.07) is 17.7. The number of methoxy groups -OCH3 is 1. The molecular weight excluding hydrogens is 442 g/mol. The van der Waals surface area contributed by atoms with Gasteiger partial charge in [0.25, 0.3) is 10.1 Å². The standard InChI is InChI=1S/C25H33NO6S/c1-29-21-13-11-19(12-14-21)17-30-16-15-25-22-9-6-10-23(22)26(32-25)24(18-31-33(2,27)28)20-7-4-3-5-8-20/h3-5,7-8,11-14,22-25H,6,9-10,15-18H2,1-2H3/t22-,23+,24-,25-/m0/s1. The first kappa shape index (κ1) is 24.2. The van der Waals surface area contributed by atoms with E-state index in [0.29, 0.717) is 19.1 Å². The molecule has 1 aliphatic heterocycles. The van der Waals surface area contributed by atoms with Crippen molar-refractivity contribution in [3.8, 4) is 5.75 Å². The van der Waals surface area contributed by atoms with Crippen molar-refractivity contribution in [3.63, 3.8) is 0 Å². The quantitative estimate of drug-likeness (QED) is 0.358. The van der Waals surface area contributed by atoms with Crippen molar-refractivity contribution >= 4 is 10.1 Å². The number of nitrogens with zero attached hydrogens (tertiary/aromatic N) is 1. The van der Waals surface area contributed by atoms with Crippen LogP contribution in [0.15, 0.2) is 54.6 Å². The van der Waals surface area contributed by atoms with E-state index in [1.807, 2.05) is 59.7 Å². The second kappa shape index (κ2) is 11.0. The van der Waals surface area contributed by atoms with Gasteiger partial charge in [-0.2, -0.15) is 13.5 Å². The highest BCUT2D eigenvalue weighted by Crippen LogP contribution is 2.45. The Morgan fingerprint density at radius 2 is 1.85 bits per heavy atom. The predicted octanol–water partition coefficient (Wildman–Crippen LogP) is 4.10. The molecule has 0 unspecified atom stereocenters. The Morgan fingerprint density at radius 1 is 1.09 bits per heavy atom. The van der Waals surface area contributed by atoms with Gasteiger partial charge < -0.3 is 9.47 Å². The van der Waals surface area contributed by atoms with Crippen LogP contribution in [0.2, 0.25) is 0 Å². The summed E-state index contributed by atoms with van der Waals surface area (Å²) in [6.07, 6.45) is 5.23. The maximum Gasteiger partial charge on any atom is 0.264 e. The highest BCUT2D eigenvalue weighted by atomic mass is 32.2. The maximum absolute atomic E-state index is 11.7. The molecule has 2 fully saturated rings. The monoisotopic (exact) mass is 475 g/mol. The van der Waals surface area contributed by atoms with E-state index in [1.54, 1.807) is 7.11 Å². The first-order chi connectivity index (χ1) is 15.9. The lowest BCUT2D eigenvalue weighted by molar-refractivity contribution is -0.201. The number of ether oxygens (including phenoxy) is 2. The minimum absolute atomic E-state index is 0.0345. The lowest BCUT2D eigenvalue weighted by Gasteiger charge is -2.31. The van der Waals surface area contributed by atoms with E-state index in [1.165, 1.54) is 0 Å². The number of benzene rings is 2. The summed E-state index contributed by atoms with van der Waals surface area (Å²) in [6.45, 7) is 1.18. The Bertz CT molecular complexity index is 982. The van der Waals surface area contributed by atoms with Crippen molar-refractivity contribution in [2.75, 3.05) is 26.6 Å². The third-order valence-electron chi connectivity index (χ3n) is 6.50. The molecule has 7 nitrogen and oxygen atoms in total. The van der Waals surface area contributed by atoms with Crippen molar-refractivity contribution in [3.05, 3.63) is 65.7 Å². The van der Waals surface area contributed by atoms with Gasteiger partial charge in [0.15, 0.2) is 0 Å². The lowest BCUT2D eigenvalue weighted by Crippen LogP contribution is -2.36. The molecule has 2 aromatic carbocycles. The molecule has 4 rings (SSSR count). The fourth-order valence-corrected chi connectivity index (χ4v) is 5.27. The normalized spacial score (nSPS) is 24.0.